The molecule has 3 atom stereocenters. The summed E-state index contributed by atoms with van der Waals surface area (Å²) in [5, 5.41) is 2.73. The second-order valence-corrected chi connectivity index (χ2v) is 9.42. The van der Waals surface area contributed by atoms with Gasteiger partial charge in [0.2, 0.25) is 11.8 Å². The molecule has 1 fully saturated rings. The number of nitrogens with one attached hydrogen (secondary N) is 1. The molecule has 2 aliphatic rings. The third-order valence-electron chi connectivity index (χ3n) is 6.55. The minimum absolute atomic E-state index is 0.00706. The molecule has 10 heteroatoms. The van der Waals surface area contributed by atoms with Crippen molar-refractivity contribution in [3.8, 4) is 5.75 Å². The van der Waals surface area contributed by atoms with Crippen LogP contribution in [0.4, 0.5) is 5.69 Å². The molecular weight excluding hydrogens is 452 g/mol. The van der Waals surface area contributed by atoms with Crippen LogP contribution in [0.3, 0.4) is 0 Å². The highest BCUT2D eigenvalue weighted by Gasteiger charge is 2.31. The fraction of sp³-hybridized carbons (Fsp3) is 0.640. The molecule has 0 radical (unpaired) electrons. The summed E-state index contributed by atoms with van der Waals surface area (Å²) in [5.41, 5.74) is 0.929. The van der Waals surface area contributed by atoms with Gasteiger partial charge >= 0.3 is 0 Å². The Labute approximate surface area is 207 Å². The van der Waals surface area contributed by atoms with E-state index in [1.807, 2.05) is 18.7 Å². The number of fused-ring (bicyclic) bond motifs is 1. The van der Waals surface area contributed by atoms with Gasteiger partial charge in [0.05, 0.1) is 37.5 Å². The van der Waals surface area contributed by atoms with Gasteiger partial charge in [0, 0.05) is 64.9 Å². The van der Waals surface area contributed by atoms with Crippen molar-refractivity contribution >= 4 is 23.4 Å². The van der Waals surface area contributed by atoms with Crippen LogP contribution >= 0.6 is 0 Å². The average Bonchev–Trinajstić information content (AvgIpc) is 2.83. The normalized spacial score (nSPS) is 24.6. The number of rotatable bonds is 4. The first kappa shape index (κ1) is 26.9. The van der Waals surface area contributed by atoms with Crippen molar-refractivity contribution < 1.29 is 28.6 Å². The molecule has 3 amide bonds. The minimum Gasteiger partial charge on any atom is -0.491 e. The monoisotopic (exact) mass is 490 g/mol. The van der Waals surface area contributed by atoms with Gasteiger partial charge < -0.3 is 29.3 Å². The zero-order valence-electron chi connectivity index (χ0n) is 21.4. The Bertz CT molecular complexity index is 904. The second-order valence-electron chi connectivity index (χ2n) is 9.42. The molecule has 2 aliphatic heterocycles. The van der Waals surface area contributed by atoms with Gasteiger partial charge in [-0.2, -0.15) is 0 Å². The number of amides is 3. The fourth-order valence-corrected chi connectivity index (χ4v) is 4.44. The Morgan fingerprint density at radius 2 is 1.89 bits per heavy atom. The lowest BCUT2D eigenvalue weighted by Crippen LogP contribution is -2.52. The first-order chi connectivity index (χ1) is 16.7. The molecule has 2 heterocycles. The van der Waals surface area contributed by atoms with Crippen LogP contribution in [-0.4, -0.2) is 111 Å². The fourth-order valence-electron chi connectivity index (χ4n) is 4.44. The van der Waals surface area contributed by atoms with Gasteiger partial charge in [-0.15, -0.1) is 0 Å². The zero-order chi connectivity index (χ0) is 25.5. The number of hydrogen-bond acceptors (Lipinski definition) is 7. The van der Waals surface area contributed by atoms with Gasteiger partial charge in [-0.25, -0.2) is 0 Å². The summed E-state index contributed by atoms with van der Waals surface area (Å²) in [6.07, 6.45) is -0.253. The van der Waals surface area contributed by atoms with E-state index in [9.17, 15) is 14.4 Å². The molecule has 1 aromatic carbocycles. The second kappa shape index (κ2) is 12.3. The van der Waals surface area contributed by atoms with Crippen LogP contribution < -0.4 is 10.1 Å². The number of methoxy groups -OCH3 is 1. The van der Waals surface area contributed by atoms with Crippen LogP contribution in [-0.2, 0) is 19.1 Å². The molecule has 3 rings (SSSR count). The predicted octanol–water partition coefficient (Wildman–Crippen LogP) is 1.31. The van der Waals surface area contributed by atoms with E-state index in [2.05, 4.69) is 10.2 Å². The molecule has 0 bridgehead atoms. The Hall–Kier alpha value is -2.69. The third-order valence-corrected chi connectivity index (χ3v) is 6.55. The molecular formula is C25H38N4O6. The first-order valence-corrected chi connectivity index (χ1v) is 12.1. The molecule has 35 heavy (non-hydrogen) atoms. The number of carbonyl (C=O) groups is 3. The standard InChI is InChI=1S/C25H38N4O6/c1-17-13-29(24(31)15-28-8-10-34-11-9-28)18(2)16-35-22-12-20(26-19(3)30)6-7-21(22)25(32)27(4)14-23(17)33-5/h6-7,12,17-18,23H,8-11,13-16H2,1-5H3,(H,26,30)/t17-,18-,23+/m1/s1. The maximum atomic E-state index is 13.4. The highest BCUT2D eigenvalue weighted by molar-refractivity contribution is 5.98. The maximum Gasteiger partial charge on any atom is 0.257 e. The van der Waals surface area contributed by atoms with Crippen molar-refractivity contribution in [1.29, 1.82) is 0 Å². The van der Waals surface area contributed by atoms with Crippen LogP contribution in [0.5, 0.6) is 5.75 Å². The van der Waals surface area contributed by atoms with Crippen LogP contribution in [0.1, 0.15) is 31.1 Å². The van der Waals surface area contributed by atoms with Crippen LogP contribution in [0, 0.1) is 5.92 Å². The Balaban J connectivity index is 1.90. The van der Waals surface area contributed by atoms with Crippen molar-refractivity contribution in [2.75, 3.05) is 72.0 Å². The maximum absolute atomic E-state index is 13.4. The largest absolute Gasteiger partial charge is 0.491 e. The summed E-state index contributed by atoms with van der Waals surface area (Å²) >= 11 is 0. The predicted molar refractivity (Wildman–Crippen MR) is 132 cm³/mol. The molecule has 0 spiro atoms. The van der Waals surface area contributed by atoms with E-state index in [4.69, 9.17) is 14.2 Å². The van der Waals surface area contributed by atoms with Crippen molar-refractivity contribution in [3.05, 3.63) is 23.8 Å². The van der Waals surface area contributed by atoms with Crippen LogP contribution in [0.25, 0.3) is 0 Å². The summed E-state index contributed by atoms with van der Waals surface area (Å²) in [6, 6.07) is 4.74. The Morgan fingerprint density at radius 3 is 2.54 bits per heavy atom. The van der Waals surface area contributed by atoms with E-state index < -0.39 is 0 Å². The summed E-state index contributed by atoms with van der Waals surface area (Å²) < 4.78 is 17.3. The van der Waals surface area contributed by atoms with Gasteiger partial charge in [0.15, 0.2) is 0 Å². The van der Waals surface area contributed by atoms with E-state index >= 15 is 0 Å². The smallest absolute Gasteiger partial charge is 0.257 e. The SMILES string of the molecule is CO[C@H]1CN(C)C(=O)c2ccc(NC(C)=O)cc2OC[C@@H](C)N(C(=O)CN2CCOCC2)C[C@H]1C. The molecule has 1 aromatic rings. The van der Waals surface area contributed by atoms with E-state index in [0.29, 0.717) is 49.8 Å². The third kappa shape index (κ3) is 7.16. The molecule has 10 nitrogen and oxygen atoms in total. The molecule has 0 aliphatic carbocycles. The lowest BCUT2D eigenvalue weighted by Gasteiger charge is -2.37. The first-order valence-electron chi connectivity index (χ1n) is 12.1. The number of carbonyl (C=O) groups excluding carboxylic acids is 3. The number of likely N-dealkylation sites (N-methyl/N-ethyl adjacent to an activating group) is 1. The van der Waals surface area contributed by atoms with E-state index in [0.717, 1.165) is 13.1 Å². The zero-order valence-corrected chi connectivity index (χ0v) is 21.4. The number of hydrogen-bond donors (Lipinski definition) is 1. The molecule has 0 saturated carbocycles. The van der Waals surface area contributed by atoms with E-state index in [1.54, 1.807) is 37.3 Å². The summed E-state index contributed by atoms with van der Waals surface area (Å²) in [4.78, 5) is 43.8. The quantitative estimate of drug-likeness (QED) is 0.679. The van der Waals surface area contributed by atoms with Gasteiger partial charge in [0.25, 0.3) is 5.91 Å². The van der Waals surface area contributed by atoms with Gasteiger partial charge in [-0.1, -0.05) is 6.92 Å². The Kier molecular flexibility index (Phi) is 9.47. The number of anilines is 1. The molecule has 1 N–H and O–H groups in total. The Morgan fingerprint density at radius 1 is 1.17 bits per heavy atom. The summed E-state index contributed by atoms with van der Waals surface area (Å²) in [6.45, 7) is 9.48. The molecule has 0 unspecified atom stereocenters. The van der Waals surface area contributed by atoms with Gasteiger partial charge in [-0.3, -0.25) is 19.3 Å². The van der Waals surface area contributed by atoms with Crippen LogP contribution in [0.15, 0.2) is 18.2 Å². The number of nitrogens with zero attached hydrogens (tertiary/aromatic N) is 3. The topological polar surface area (TPSA) is 101 Å². The lowest BCUT2D eigenvalue weighted by molar-refractivity contribution is -0.137. The van der Waals surface area contributed by atoms with Crippen molar-refractivity contribution in [1.82, 2.24) is 14.7 Å². The highest BCUT2D eigenvalue weighted by Crippen LogP contribution is 2.27. The van der Waals surface area contributed by atoms with Crippen molar-refractivity contribution in [2.24, 2.45) is 5.92 Å². The summed E-state index contributed by atoms with van der Waals surface area (Å²) in [5.74, 6) is -0.0299. The van der Waals surface area contributed by atoms with Gasteiger partial charge in [-0.05, 0) is 19.1 Å². The van der Waals surface area contributed by atoms with Gasteiger partial charge in [0.1, 0.15) is 12.4 Å². The lowest BCUT2D eigenvalue weighted by atomic mass is 10.0. The number of morpholine rings is 1. The van der Waals surface area contributed by atoms with Crippen molar-refractivity contribution in [3.63, 3.8) is 0 Å². The highest BCUT2D eigenvalue weighted by atomic mass is 16.5. The average molecular weight is 491 g/mol. The van der Waals surface area contributed by atoms with E-state index in [1.165, 1.54) is 6.92 Å². The minimum atomic E-state index is -0.253. The molecule has 1 saturated heterocycles. The van der Waals surface area contributed by atoms with Crippen molar-refractivity contribution in [2.45, 2.75) is 32.9 Å². The van der Waals surface area contributed by atoms with Crippen LogP contribution in [0.2, 0.25) is 0 Å². The molecule has 194 valence electrons. The number of benzene rings is 1. The summed E-state index contributed by atoms with van der Waals surface area (Å²) in [7, 11) is 3.35. The molecule has 0 aromatic heterocycles. The number of ether oxygens (including phenoxy) is 3. The van der Waals surface area contributed by atoms with E-state index in [-0.39, 0.29) is 42.4 Å².